The fourth-order valence-electron chi connectivity index (χ4n) is 2.87. The van der Waals surface area contributed by atoms with E-state index in [1.165, 1.54) is 0 Å². The van der Waals surface area contributed by atoms with E-state index in [1.807, 2.05) is 25.1 Å². The van der Waals surface area contributed by atoms with Gasteiger partial charge in [0.05, 0.1) is 19.8 Å². The van der Waals surface area contributed by atoms with Crippen molar-refractivity contribution in [1.82, 2.24) is 0 Å². The molecule has 112 valence electrons. The monoisotopic (exact) mass is 280 g/mol. The predicted octanol–water partition coefficient (Wildman–Crippen LogP) is 2.42. The highest BCUT2D eigenvalue weighted by Crippen LogP contribution is 2.33. The van der Waals surface area contributed by atoms with Crippen molar-refractivity contribution in [2.24, 2.45) is 5.92 Å². The molecule has 0 radical (unpaired) electrons. The van der Waals surface area contributed by atoms with E-state index in [4.69, 9.17) is 14.2 Å². The summed E-state index contributed by atoms with van der Waals surface area (Å²) >= 11 is 0. The quantitative estimate of drug-likeness (QED) is 0.900. The molecule has 1 saturated heterocycles. The molecule has 1 aliphatic rings. The molecule has 4 heteroatoms. The van der Waals surface area contributed by atoms with Crippen LogP contribution in [0.2, 0.25) is 0 Å². The number of benzene rings is 1. The summed E-state index contributed by atoms with van der Waals surface area (Å²) in [4.78, 5) is 0. The highest BCUT2D eigenvalue weighted by molar-refractivity contribution is 5.43. The largest absolute Gasteiger partial charge is 0.493 e. The minimum atomic E-state index is -0.719. The van der Waals surface area contributed by atoms with Crippen molar-refractivity contribution in [2.75, 3.05) is 27.4 Å². The van der Waals surface area contributed by atoms with Gasteiger partial charge in [0, 0.05) is 19.6 Å². The summed E-state index contributed by atoms with van der Waals surface area (Å²) in [7, 11) is 3.24. The van der Waals surface area contributed by atoms with E-state index in [-0.39, 0.29) is 5.92 Å². The zero-order valence-corrected chi connectivity index (χ0v) is 12.5. The molecule has 1 N–H and O–H groups in total. The van der Waals surface area contributed by atoms with Crippen LogP contribution < -0.4 is 9.47 Å². The fraction of sp³-hybridized carbons (Fsp3) is 0.625. The molecule has 0 bridgehead atoms. The van der Waals surface area contributed by atoms with Gasteiger partial charge < -0.3 is 19.3 Å². The topological polar surface area (TPSA) is 47.9 Å². The third kappa shape index (κ3) is 3.44. The van der Waals surface area contributed by atoms with E-state index in [2.05, 4.69) is 0 Å². The molecule has 0 spiro atoms. The highest BCUT2D eigenvalue weighted by Gasteiger charge is 2.33. The molecule has 0 aromatic heterocycles. The van der Waals surface area contributed by atoms with Crippen LogP contribution in [0, 0.1) is 5.92 Å². The summed E-state index contributed by atoms with van der Waals surface area (Å²) in [6, 6.07) is 5.80. The maximum absolute atomic E-state index is 10.8. The van der Waals surface area contributed by atoms with Gasteiger partial charge in [-0.1, -0.05) is 6.07 Å². The summed E-state index contributed by atoms with van der Waals surface area (Å²) in [6.45, 7) is 3.40. The number of ether oxygens (including phenoxy) is 3. The molecular formula is C16H24O4. The summed E-state index contributed by atoms with van der Waals surface area (Å²) < 4.78 is 15.9. The Balaban J connectivity index is 2.11. The second kappa shape index (κ2) is 6.46. The van der Waals surface area contributed by atoms with Gasteiger partial charge in [-0.2, -0.15) is 0 Å². The number of aliphatic hydroxyl groups is 1. The Kier molecular flexibility index (Phi) is 4.89. The van der Waals surface area contributed by atoms with Crippen LogP contribution in [0.3, 0.4) is 0 Å². The summed E-state index contributed by atoms with van der Waals surface area (Å²) in [6.07, 6.45) is 2.44. The van der Waals surface area contributed by atoms with Gasteiger partial charge in [-0.15, -0.1) is 0 Å². The minimum absolute atomic E-state index is 0.282. The van der Waals surface area contributed by atoms with Crippen LogP contribution in [0.1, 0.15) is 25.3 Å². The molecular weight excluding hydrogens is 256 g/mol. The van der Waals surface area contributed by atoms with Gasteiger partial charge in [0.2, 0.25) is 0 Å². The SMILES string of the molecule is COc1ccc(CC(C)(O)C2CCOCC2)cc1OC. The van der Waals surface area contributed by atoms with E-state index < -0.39 is 5.60 Å². The molecule has 1 heterocycles. The van der Waals surface area contributed by atoms with E-state index in [0.29, 0.717) is 17.9 Å². The van der Waals surface area contributed by atoms with Gasteiger partial charge in [-0.05, 0) is 43.4 Å². The summed E-state index contributed by atoms with van der Waals surface area (Å²) in [5.41, 5.74) is 0.336. The Morgan fingerprint density at radius 2 is 1.85 bits per heavy atom. The van der Waals surface area contributed by atoms with Crippen molar-refractivity contribution in [2.45, 2.75) is 31.8 Å². The maximum atomic E-state index is 10.8. The molecule has 1 aromatic carbocycles. The predicted molar refractivity (Wildman–Crippen MR) is 77.4 cm³/mol. The van der Waals surface area contributed by atoms with Gasteiger partial charge in [-0.25, -0.2) is 0 Å². The van der Waals surface area contributed by atoms with Gasteiger partial charge in [0.1, 0.15) is 0 Å². The average molecular weight is 280 g/mol. The summed E-state index contributed by atoms with van der Waals surface area (Å²) in [5, 5.41) is 10.8. The smallest absolute Gasteiger partial charge is 0.160 e. The van der Waals surface area contributed by atoms with Gasteiger partial charge in [-0.3, -0.25) is 0 Å². The molecule has 2 rings (SSSR count). The van der Waals surface area contributed by atoms with Crippen molar-refractivity contribution < 1.29 is 19.3 Å². The molecule has 1 aromatic rings. The Morgan fingerprint density at radius 1 is 1.20 bits per heavy atom. The normalized spacial score (nSPS) is 19.4. The maximum Gasteiger partial charge on any atom is 0.160 e. The van der Waals surface area contributed by atoms with Crippen LogP contribution in [0.15, 0.2) is 18.2 Å². The molecule has 1 unspecified atom stereocenters. The molecule has 1 fully saturated rings. The number of rotatable bonds is 5. The second-order valence-corrected chi connectivity index (χ2v) is 5.61. The number of hydrogen-bond acceptors (Lipinski definition) is 4. The van der Waals surface area contributed by atoms with Crippen LogP contribution in [0.25, 0.3) is 0 Å². The minimum Gasteiger partial charge on any atom is -0.493 e. The van der Waals surface area contributed by atoms with Crippen molar-refractivity contribution in [3.8, 4) is 11.5 Å². The van der Waals surface area contributed by atoms with E-state index in [0.717, 1.165) is 31.6 Å². The Bertz CT molecular complexity index is 436. The lowest BCUT2D eigenvalue weighted by atomic mass is 9.79. The third-order valence-electron chi connectivity index (χ3n) is 4.11. The zero-order valence-electron chi connectivity index (χ0n) is 12.5. The second-order valence-electron chi connectivity index (χ2n) is 5.61. The fourth-order valence-corrected chi connectivity index (χ4v) is 2.87. The molecule has 0 saturated carbocycles. The standard InChI is InChI=1S/C16H24O4/c1-16(17,13-6-8-20-9-7-13)11-12-4-5-14(18-2)15(10-12)19-3/h4-5,10,13,17H,6-9,11H2,1-3H3. The van der Waals surface area contributed by atoms with Crippen LogP contribution in [0.4, 0.5) is 0 Å². The van der Waals surface area contributed by atoms with Crippen molar-refractivity contribution in [3.05, 3.63) is 23.8 Å². The average Bonchev–Trinajstić information content (AvgIpc) is 2.47. The highest BCUT2D eigenvalue weighted by atomic mass is 16.5. The third-order valence-corrected chi connectivity index (χ3v) is 4.11. The van der Waals surface area contributed by atoms with E-state index in [9.17, 15) is 5.11 Å². The van der Waals surface area contributed by atoms with Crippen molar-refractivity contribution in [1.29, 1.82) is 0 Å². The van der Waals surface area contributed by atoms with Crippen LogP contribution >= 0.6 is 0 Å². The van der Waals surface area contributed by atoms with E-state index in [1.54, 1.807) is 14.2 Å². The lowest BCUT2D eigenvalue weighted by molar-refractivity contribution is -0.0530. The summed E-state index contributed by atoms with van der Waals surface area (Å²) in [5.74, 6) is 1.69. The van der Waals surface area contributed by atoms with Crippen LogP contribution in [-0.4, -0.2) is 38.1 Å². The first-order chi connectivity index (χ1) is 9.56. The van der Waals surface area contributed by atoms with Gasteiger partial charge >= 0.3 is 0 Å². The Labute approximate surface area is 120 Å². The molecule has 0 aliphatic carbocycles. The number of methoxy groups -OCH3 is 2. The van der Waals surface area contributed by atoms with E-state index >= 15 is 0 Å². The molecule has 20 heavy (non-hydrogen) atoms. The number of hydrogen-bond donors (Lipinski definition) is 1. The lowest BCUT2D eigenvalue weighted by Crippen LogP contribution is -2.40. The molecule has 1 aliphatic heterocycles. The first-order valence-corrected chi connectivity index (χ1v) is 7.08. The first-order valence-electron chi connectivity index (χ1n) is 7.08. The molecule has 4 nitrogen and oxygen atoms in total. The lowest BCUT2D eigenvalue weighted by Gasteiger charge is -2.35. The zero-order chi connectivity index (χ0) is 14.6. The van der Waals surface area contributed by atoms with Crippen molar-refractivity contribution in [3.63, 3.8) is 0 Å². The van der Waals surface area contributed by atoms with Crippen molar-refractivity contribution >= 4 is 0 Å². The Morgan fingerprint density at radius 3 is 2.45 bits per heavy atom. The van der Waals surface area contributed by atoms with Crippen LogP contribution in [0.5, 0.6) is 11.5 Å². The Hall–Kier alpha value is -1.26. The first kappa shape index (κ1) is 15.1. The molecule has 0 amide bonds. The van der Waals surface area contributed by atoms with Crippen LogP contribution in [-0.2, 0) is 11.2 Å². The molecule has 1 atom stereocenters. The van der Waals surface area contributed by atoms with Gasteiger partial charge in [0.15, 0.2) is 11.5 Å². The van der Waals surface area contributed by atoms with Gasteiger partial charge in [0.25, 0.3) is 0 Å².